The normalized spacial score (nSPS) is 20.0. The predicted molar refractivity (Wildman–Crippen MR) is 69.8 cm³/mol. The third kappa shape index (κ3) is 7.01. The van der Waals surface area contributed by atoms with E-state index in [2.05, 4.69) is 0 Å². The number of rotatable bonds is 7. The third-order valence-electron chi connectivity index (χ3n) is 3.45. The molecule has 1 unspecified atom stereocenters. The van der Waals surface area contributed by atoms with Gasteiger partial charge in [-0.25, -0.2) is 8.42 Å². The van der Waals surface area contributed by atoms with Gasteiger partial charge < -0.3 is 10.0 Å². The van der Waals surface area contributed by atoms with Gasteiger partial charge >= 0.3 is 0 Å². The minimum absolute atomic E-state index is 0.166. The monoisotopic (exact) mass is 263 g/mol. The van der Waals surface area contributed by atoms with Crippen LogP contribution >= 0.6 is 0 Å². The van der Waals surface area contributed by atoms with Crippen LogP contribution in [0.3, 0.4) is 0 Å². The fourth-order valence-corrected chi connectivity index (χ4v) is 3.12. The van der Waals surface area contributed by atoms with Crippen molar-refractivity contribution >= 4 is 9.84 Å². The van der Waals surface area contributed by atoms with Crippen LogP contribution in [0.5, 0.6) is 0 Å². The Bertz CT molecular complexity index is 310. The lowest BCUT2D eigenvalue weighted by atomic mass is 10.00. The van der Waals surface area contributed by atoms with Gasteiger partial charge in [-0.3, -0.25) is 0 Å². The maximum Gasteiger partial charge on any atom is 0.148 e. The van der Waals surface area contributed by atoms with E-state index in [1.165, 1.54) is 31.9 Å². The zero-order valence-electron chi connectivity index (χ0n) is 10.9. The van der Waals surface area contributed by atoms with E-state index in [-0.39, 0.29) is 11.9 Å². The molecule has 0 amide bonds. The molecule has 4 nitrogen and oxygen atoms in total. The van der Waals surface area contributed by atoms with E-state index in [9.17, 15) is 13.5 Å². The molecule has 1 aliphatic carbocycles. The first-order valence-electron chi connectivity index (χ1n) is 6.41. The predicted octanol–water partition coefficient (Wildman–Crippen LogP) is 0.904. The second kappa shape index (κ2) is 6.71. The van der Waals surface area contributed by atoms with Crippen molar-refractivity contribution in [3.63, 3.8) is 0 Å². The number of likely N-dealkylation sites (N-methyl/N-ethyl adjacent to an activating group) is 1. The van der Waals surface area contributed by atoms with E-state index in [4.69, 9.17) is 0 Å². The highest BCUT2D eigenvalue weighted by Gasteiger charge is 2.19. The van der Waals surface area contributed by atoms with Gasteiger partial charge in [0.05, 0.1) is 11.9 Å². The van der Waals surface area contributed by atoms with Crippen molar-refractivity contribution in [3.05, 3.63) is 0 Å². The molecule has 0 aromatic carbocycles. The van der Waals surface area contributed by atoms with E-state index in [0.717, 1.165) is 6.42 Å². The van der Waals surface area contributed by atoms with Crippen LogP contribution in [0, 0.1) is 5.92 Å². The summed E-state index contributed by atoms with van der Waals surface area (Å²) in [6, 6.07) is 0. The largest absolute Gasteiger partial charge is 0.392 e. The van der Waals surface area contributed by atoms with Crippen LogP contribution in [0.25, 0.3) is 0 Å². The Morgan fingerprint density at radius 3 is 2.47 bits per heavy atom. The van der Waals surface area contributed by atoms with Gasteiger partial charge in [-0.05, 0) is 19.4 Å². The van der Waals surface area contributed by atoms with Crippen molar-refractivity contribution in [2.24, 2.45) is 5.92 Å². The van der Waals surface area contributed by atoms with Gasteiger partial charge in [0.25, 0.3) is 0 Å². The molecule has 1 aliphatic rings. The van der Waals surface area contributed by atoms with Crippen LogP contribution < -0.4 is 0 Å². The molecular formula is C12H25NO3S. The lowest BCUT2D eigenvalue weighted by molar-refractivity contribution is 0.104. The summed E-state index contributed by atoms with van der Waals surface area (Å²) in [5.74, 6) is 0.841. The molecule has 0 bridgehead atoms. The van der Waals surface area contributed by atoms with Crippen molar-refractivity contribution in [2.45, 2.75) is 38.2 Å². The summed E-state index contributed by atoms with van der Waals surface area (Å²) in [6.07, 6.45) is 6.86. The van der Waals surface area contributed by atoms with Gasteiger partial charge in [-0.2, -0.15) is 0 Å². The fraction of sp³-hybridized carbons (Fsp3) is 1.00. The maximum absolute atomic E-state index is 11.0. The number of aliphatic hydroxyl groups excluding tert-OH is 1. The molecule has 0 spiro atoms. The van der Waals surface area contributed by atoms with Crippen LogP contribution in [0.2, 0.25) is 0 Å². The molecule has 0 radical (unpaired) electrons. The fourth-order valence-electron chi connectivity index (χ4n) is 2.48. The minimum Gasteiger partial charge on any atom is -0.392 e. The smallest absolute Gasteiger partial charge is 0.148 e. The zero-order chi connectivity index (χ0) is 12.9. The third-order valence-corrected chi connectivity index (χ3v) is 4.37. The van der Waals surface area contributed by atoms with Crippen molar-refractivity contribution in [1.82, 2.24) is 4.90 Å². The van der Waals surface area contributed by atoms with Crippen LogP contribution in [-0.4, -0.2) is 56.7 Å². The van der Waals surface area contributed by atoms with Crippen LogP contribution in [0.4, 0.5) is 0 Å². The Morgan fingerprint density at radius 1 is 1.35 bits per heavy atom. The topological polar surface area (TPSA) is 57.6 Å². The first-order valence-corrected chi connectivity index (χ1v) is 8.47. The van der Waals surface area contributed by atoms with Crippen molar-refractivity contribution in [2.75, 3.05) is 32.1 Å². The number of hydrogen-bond donors (Lipinski definition) is 1. The number of hydrogen-bond acceptors (Lipinski definition) is 4. The maximum atomic E-state index is 11.0. The number of aliphatic hydroxyl groups is 1. The zero-order valence-corrected chi connectivity index (χ0v) is 11.7. The Hall–Kier alpha value is -0.130. The number of sulfone groups is 1. The molecule has 0 aliphatic heterocycles. The van der Waals surface area contributed by atoms with Gasteiger partial charge in [0.1, 0.15) is 9.84 Å². The Kier molecular flexibility index (Phi) is 5.89. The lowest BCUT2D eigenvalue weighted by Crippen LogP contribution is -2.33. The molecular weight excluding hydrogens is 238 g/mol. The van der Waals surface area contributed by atoms with E-state index in [1.54, 1.807) is 0 Å². The van der Waals surface area contributed by atoms with E-state index < -0.39 is 9.84 Å². The van der Waals surface area contributed by atoms with Gasteiger partial charge in [-0.1, -0.05) is 25.7 Å². The van der Waals surface area contributed by atoms with Crippen LogP contribution in [0.15, 0.2) is 0 Å². The highest BCUT2D eigenvalue weighted by molar-refractivity contribution is 7.90. The molecule has 0 aromatic rings. The van der Waals surface area contributed by atoms with Crippen LogP contribution in [0.1, 0.15) is 32.1 Å². The van der Waals surface area contributed by atoms with Gasteiger partial charge in [0, 0.05) is 19.3 Å². The van der Waals surface area contributed by atoms with Crippen molar-refractivity contribution in [1.29, 1.82) is 0 Å². The van der Waals surface area contributed by atoms with E-state index in [0.29, 0.717) is 19.0 Å². The summed E-state index contributed by atoms with van der Waals surface area (Å²) in [6.45, 7) is 1.08. The molecule has 17 heavy (non-hydrogen) atoms. The summed E-state index contributed by atoms with van der Waals surface area (Å²) in [7, 11) is -1.04. The summed E-state index contributed by atoms with van der Waals surface area (Å²) >= 11 is 0. The van der Waals surface area contributed by atoms with Gasteiger partial charge in [-0.15, -0.1) is 0 Å². The Balaban J connectivity index is 2.18. The molecule has 1 atom stereocenters. The average Bonchev–Trinajstić information content (AvgIpc) is 2.66. The van der Waals surface area contributed by atoms with Crippen LogP contribution in [-0.2, 0) is 9.84 Å². The Labute approximate surface area is 105 Å². The highest BCUT2D eigenvalue weighted by Crippen LogP contribution is 2.28. The molecule has 0 aromatic heterocycles. The summed E-state index contributed by atoms with van der Waals surface area (Å²) in [4.78, 5) is 1.90. The lowest BCUT2D eigenvalue weighted by Gasteiger charge is -2.22. The molecule has 102 valence electrons. The summed E-state index contributed by atoms with van der Waals surface area (Å²) in [5.41, 5.74) is 0. The first kappa shape index (κ1) is 14.9. The van der Waals surface area contributed by atoms with E-state index >= 15 is 0 Å². The average molecular weight is 263 g/mol. The van der Waals surface area contributed by atoms with E-state index in [1.807, 2.05) is 11.9 Å². The molecule has 1 N–H and O–H groups in total. The minimum atomic E-state index is -2.90. The highest BCUT2D eigenvalue weighted by atomic mass is 32.2. The number of nitrogens with zero attached hydrogens (tertiary/aromatic N) is 1. The van der Waals surface area contributed by atoms with Crippen molar-refractivity contribution < 1.29 is 13.5 Å². The van der Waals surface area contributed by atoms with Gasteiger partial charge in [0.2, 0.25) is 0 Å². The molecule has 1 rings (SSSR count). The quantitative estimate of drug-likeness (QED) is 0.741. The second-order valence-corrected chi connectivity index (χ2v) is 7.69. The molecule has 1 saturated carbocycles. The Morgan fingerprint density at radius 2 is 1.94 bits per heavy atom. The van der Waals surface area contributed by atoms with Crippen molar-refractivity contribution in [3.8, 4) is 0 Å². The SMILES string of the molecule is CN(CCS(C)(=O)=O)CC(O)CC1CCCC1. The first-order chi connectivity index (χ1) is 7.87. The molecule has 1 fully saturated rings. The summed E-state index contributed by atoms with van der Waals surface area (Å²) < 4.78 is 22.0. The second-order valence-electron chi connectivity index (χ2n) is 5.43. The van der Waals surface area contributed by atoms with Gasteiger partial charge in [0.15, 0.2) is 0 Å². The molecule has 0 saturated heterocycles. The molecule has 0 heterocycles. The standard InChI is InChI=1S/C12H25NO3S/c1-13(7-8-17(2,15)16)10-12(14)9-11-5-3-4-6-11/h11-12,14H,3-10H2,1-2H3. The molecule has 5 heteroatoms. The summed E-state index contributed by atoms with van der Waals surface area (Å²) in [5, 5.41) is 9.92.